The Morgan fingerprint density at radius 3 is 2.46 bits per heavy atom. The molecule has 1 aromatic carbocycles. The van der Waals surface area contributed by atoms with E-state index in [1.165, 1.54) is 18.4 Å². The Balaban J connectivity index is 2.25. The molecule has 0 unspecified atom stereocenters. The van der Waals surface area contributed by atoms with E-state index in [2.05, 4.69) is 10.6 Å². The molecular weight excluding hydrogens is 395 g/mol. The summed E-state index contributed by atoms with van der Waals surface area (Å²) < 4.78 is 2.87. The first-order chi connectivity index (χ1) is 11.3. The van der Waals surface area contributed by atoms with E-state index in [-0.39, 0.29) is 5.56 Å². The summed E-state index contributed by atoms with van der Waals surface area (Å²) in [6, 6.07) is 9.94. The lowest BCUT2D eigenvalue weighted by Crippen LogP contribution is -2.49. The molecule has 0 aliphatic heterocycles. The summed E-state index contributed by atoms with van der Waals surface area (Å²) in [4.78, 5) is 24.5. The van der Waals surface area contributed by atoms with Gasteiger partial charge in [0.05, 0.1) is 23.2 Å². The highest BCUT2D eigenvalue weighted by molar-refractivity contribution is 7.12. The molecule has 0 aliphatic rings. The highest BCUT2D eigenvalue weighted by Crippen LogP contribution is 2.32. The fourth-order valence-electron chi connectivity index (χ4n) is 1.86. The van der Waals surface area contributed by atoms with E-state index >= 15 is 0 Å². The second-order valence-corrected chi connectivity index (χ2v) is 7.92. The van der Waals surface area contributed by atoms with Crippen molar-refractivity contribution in [3.05, 3.63) is 52.2 Å². The van der Waals surface area contributed by atoms with Crippen molar-refractivity contribution in [3.8, 4) is 0 Å². The Labute approximate surface area is 157 Å². The smallest absolute Gasteiger partial charge is 0.339 e. The van der Waals surface area contributed by atoms with Gasteiger partial charge in [-0.3, -0.25) is 4.79 Å². The lowest BCUT2D eigenvalue weighted by atomic mass is 10.1. The van der Waals surface area contributed by atoms with Crippen LogP contribution in [0.1, 0.15) is 20.0 Å². The summed E-state index contributed by atoms with van der Waals surface area (Å²) in [7, 11) is 1.27. The van der Waals surface area contributed by atoms with Crippen LogP contribution in [0.5, 0.6) is 0 Å². The molecule has 128 valence electrons. The molecule has 0 bridgehead atoms. The quantitative estimate of drug-likeness (QED) is 0.445. The summed E-state index contributed by atoms with van der Waals surface area (Å²) in [5, 5.41) is 7.24. The van der Waals surface area contributed by atoms with Crippen LogP contribution in [-0.4, -0.2) is 28.9 Å². The molecule has 0 saturated heterocycles. The molecule has 0 fully saturated rings. The Morgan fingerprint density at radius 2 is 1.88 bits per heavy atom. The minimum Gasteiger partial charge on any atom is -0.465 e. The number of hydrogen-bond donors (Lipinski definition) is 2. The number of anilines is 1. The first kappa shape index (κ1) is 18.9. The van der Waals surface area contributed by atoms with Crippen molar-refractivity contribution in [1.82, 2.24) is 5.32 Å². The highest BCUT2D eigenvalue weighted by Gasteiger charge is 2.35. The fraction of sp³-hybridized carbons (Fsp3) is 0.200. The van der Waals surface area contributed by atoms with Crippen molar-refractivity contribution in [2.45, 2.75) is 9.96 Å². The molecular formula is C15H13Cl3N2O3S. The monoisotopic (exact) mass is 406 g/mol. The van der Waals surface area contributed by atoms with Gasteiger partial charge in [0, 0.05) is 0 Å². The zero-order valence-electron chi connectivity index (χ0n) is 12.4. The Hall–Kier alpha value is -1.47. The maximum absolute atomic E-state index is 12.2. The van der Waals surface area contributed by atoms with E-state index in [0.29, 0.717) is 10.6 Å². The van der Waals surface area contributed by atoms with Crippen molar-refractivity contribution in [3.63, 3.8) is 0 Å². The van der Waals surface area contributed by atoms with Crippen molar-refractivity contribution in [1.29, 1.82) is 0 Å². The maximum atomic E-state index is 12.2. The molecule has 1 heterocycles. The van der Waals surface area contributed by atoms with E-state index in [0.717, 1.165) is 0 Å². The number of benzene rings is 1. The Bertz CT molecular complexity index is 717. The minimum absolute atomic E-state index is 0.254. The first-order valence-corrected chi connectivity index (χ1v) is 8.69. The lowest BCUT2D eigenvalue weighted by Gasteiger charge is -2.28. The lowest BCUT2D eigenvalue weighted by molar-refractivity contribution is 0.0601. The molecule has 0 saturated carbocycles. The van der Waals surface area contributed by atoms with Gasteiger partial charge in [0.25, 0.3) is 5.91 Å². The van der Waals surface area contributed by atoms with Crippen molar-refractivity contribution in [2.75, 3.05) is 12.4 Å². The third-order valence-corrected chi connectivity index (χ3v) is 4.50. The number of ether oxygens (including phenoxy) is 1. The Kier molecular flexibility index (Phi) is 6.34. The number of alkyl halides is 3. The van der Waals surface area contributed by atoms with Gasteiger partial charge in [0.2, 0.25) is 3.79 Å². The first-order valence-electron chi connectivity index (χ1n) is 6.68. The van der Waals surface area contributed by atoms with E-state index in [1.54, 1.807) is 41.8 Å². The van der Waals surface area contributed by atoms with E-state index < -0.39 is 21.8 Å². The van der Waals surface area contributed by atoms with E-state index in [9.17, 15) is 9.59 Å². The van der Waals surface area contributed by atoms with Gasteiger partial charge < -0.3 is 15.4 Å². The van der Waals surface area contributed by atoms with Crippen molar-refractivity contribution >= 4 is 63.7 Å². The third kappa shape index (κ3) is 4.77. The summed E-state index contributed by atoms with van der Waals surface area (Å²) in [5.74, 6) is -0.949. The number of para-hydroxylation sites is 1. The molecule has 2 rings (SSSR count). The van der Waals surface area contributed by atoms with Crippen LogP contribution in [0.25, 0.3) is 0 Å². The van der Waals surface area contributed by atoms with Crippen LogP contribution in [0.2, 0.25) is 0 Å². The molecule has 2 N–H and O–H groups in total. The molecule has 0 aliphatic carbocycles. The normalized spacial score (nSPS) is 12.3. The second-order valence-electron chi connectivity index (χ2n) is 4.61. The molecule has 9 heteroatoms. The molecule has 24 heavy (non-hydrogen) atoms. The number of thiophene rings is 1. The standard InChI is InChI=1S/C15H13Cl3N2O3S/c1-23-13(22)9-5-2-3-6-10(9)19-14(15(16,17)18)20-12(21)11-7-4-8-24-11/h2-8,14,19H,1H3,(H,20,21)/t14-/m0/s1. The molecule has 2 aromatic rings. The van der Waals surface area contributed by atoms with Gasteiger partial charge in [0.1, 0.15) is 6.17 Å². The topological polar surface area (TPSA) is 67.4 Å². The van der Waals surface area contributed by atoms with Gasteiger partial charge in [-0.25, -0.2) is 4.79 Å². The predicted molar refractivity (Wildman–Crippen MR) is 97.3 cm³/mol. The molecule has 0 radical (unpaired) electrons. The van der Waals surface area contributed by atoms with Gasteiger partial charge in [-0.05, 0) is 23.6 Å². The SMILES string of the molecule is COC(=O)c1ccccc1N[C@@H](NC(=O)c1cccs1)C(Cl)(Cl)Cl. The predicted octanol–water partition coefficient (Wildman–Crippen LogP) is 4.07. The maximum Gasteiger partial charge on any atom is 0.339 e. The van der Waals surface area contributed by atoms with Crippen LogP contribution in [0.4, 0.5) is 5.69 Å². The summed E-state index contributed by atoms with van der Waals surface area (Å²) in [5.41, 5.74) is 0.622. The number of methoxy groups -OCH3 is 1. The average Bonchev–Trinajstić information content (AvgIpc) is 3.07. The zero-order chi connectivity index (χ0) is 17.7. The summed E-state index contributed by atoms with van der Waals surface area (Å²) in [6.45, 7) is 0. The van der Waals surface area contributed by atoms with Crippen molar-refractivity contribution in [2.24, 2.45) is 0 Å². The number of carbonyl (C=O) groups is 2. The van der Waals surface area contributed by atoms with Crippen LogP contribution >= 0.6 is 46.1 Å². The molecule has 1 aromatic heterocycles. The van der Waals surface area contributed by atoms with Crippen LogP contribution in [0.15, 0.2) is 41.8 Å². The van der Waals surface area contributed by atoms with Gasteiger partial charge in [-0.2, -0.15) is 0 Å². The Morgan fingerprint density at radius 1 is 1.17 bits per heavy atom. The number of esters is 1. The summed E-state index contributed by atoms with van der Waals surface area (Å²) >= 11 is 19.1. The highest BCUT2D eigenvalue weighted by atomic mass is 35.6. The van der Waals surface area contributed by atoms with Crippen LogP contribution in [0, 0.1) is 0 Å². The van der Waals surface area contributed by atoms with Gasteiger partial charge in [0.15, 0.2) is 0 Å². The average molecular weight is 408 g/mol. The minimum atomic E-state index is -1.85. The van der Waals surface area contributed by atoms with Gasteiger partial charge in [-0.1, -0.05) is 53.0 Å². The number of carbonyl (C=O) groups excluding carboxylic acids is 2. The zero-order valence-corrected chi connectivity index (χ0v) is 15.5. The van der Waals surface area contributed by atoms with Crippen LogP contribution < -0.4 is 10.6 Å². The number of rotatable bonds is 5. The molecule has 1 atom stereocenters. The molecule has 5 nitrogen and oxygen atoms in total. The third-order valence-electron chi connectivity index (χ3n) is 2.98. The molecule has 0 spiro atoms. The number of amides is 1. The second kappa shape index (κ2) is 8.07. The number of hydrogen-bond acceptors (Lipinski definition) is 5. The fourth-order valence-corrected chi connectivity index (χ4v) is 2.82. The number of nitrogens with one attached hydrogen (secondary N) is 2. The van der Waals surface area contributed by atoms with Gasteiger partial charge >= 0.3 is 5.97 Å². The van der Waals surface area contributed by atoms with E-state index in [4.69, 9.17) is 39.5 Å². The molecule has 1 amide bonds. The van der Waals surface area contributed by atoms with E-state index in [1.807, 2.05) is 0 Å². The largest absolute Gasteiger partial charge is 0.465 e. The summed E-state index contributed by atoms with van der Waals surface area (Å²) in [6.07, 6.45) is -1.07. The van der Waals surface area contributed by atoms with Crippen molar-refractivity contribution < 1.29 is 14.3 Å². The number of halogens is 3. The van der Waals surface area contributed by atoms with Crippen LogP contribution in [0.3, 0.4) is 0 Å². The van der Waals surface area contributed by atoms with Crippen LogP contribution in [-0.2, 0) is 4.74 Å². The van der Waals surface area contributed by atoms with Gasteiger partial charge in [-0.15, -0.1) is 11.3 Å².